The number of hydrogen-bond acceptors (Lipinski definition) is 14. The van der Waals surface area contributed by atoms with Gasteiger partial charge in [-0.3, -0.25) is 15.1 Å². The second kappa shape index (κ2) is 44.0. The third-order valence-electron chi connectivity index (χ3n) is 22.0. The van der Waals surface area contributed by atoms with Crippen LogP contribution in [0.2, 0.25) is 5.82 Å². The molecular weight excluding hydrogens is 1700 g/mol. The van der Waals surface area contributed by atoms with Crippen molar-refractivity contribution in [3.63, 3.8) is 0 Å². The van der Waals surface area contributed by atoms with E-state index >= 15 is 0 Å². The van der Waals surface area contributed by atoms with E-state index in [1.165, 1.54) is 66.5 Å². The summed E-state index contributed by atoms with van der Waals surface area (Å²) in [4.78, 5) is 27.7. The van der Waals surface area contributed by atoms with Crippen LogP contribution < -0.4 is 15.1 Å². The molecule has 129 heavy (non-hydrogen) atoms. The van der Waals surface area contributed by atoms with Crippen LogP contribution in [-0.2, 0) is 56.4 Å². The summed E-state index contributed by atoms with van der Waals surface area (Å²) >= 11 is 3.81. The average Bonchev–Trinajstić information content (AvgIpc) is 0.776. The Hall–Kier alpha value is -11.1. The summed E-state index contributed by atoms with van der Waals surface area (Å²) in [7, 11) is 0. The molecule has 0 aliphatic heterocycles. The van der Waals surface area contributed by atoms with Crippen molar-refractivity contribution in [2.45, 2.75) is 257 Å². The molecule has 0 saturated carbocycles. The van der Waals surface area contributed by atoms with Crippen molar-refractivity contribution < 1.29 is 30.5 Å². The molecule has 16 heteroatoms. The zero-order valence-electron chi connectivity index (χ0n) is 81.3. The molecule has 0 fully saturated rings. The van der Waals surface area contributed by atoms with E-state index < -0.39 is 4.92 Å². The Morgan fingerprint density at radius 2 is 0.791 bits per heavy atom. The summed E-state index contributed by atoms with van der Waals surface area (Å²) in [5.74, 6) is 3.61. The minimum atomic E-state index is -0.509. The first kappa shape index (κ1) is 103. The van der Waals surface area contributed by atoms with Crippen molar-refractivity contribution >= 4 is 95.2 Å². The van der Waals surface area contributed by atoms with Gasteiger partial charge in [-0.05, 0) is 164 Å². The maximum Gasteiger partial charge on any atom is 0.270 e. The van der Waals surface area contributed by atoms with Gasteiger partial charge in [0.25, 0.3) is 5.69 Å². The molecule has 0 heterocycles. The number of aliphatic imine (C=N–C) groups is 3. The molecule has 0 spiro atoms. The smallest absolute Gasteiger partial charge is 0.270 e. The molecule has 0 bridgehead atoms. The number of para-hydroxylation sites is 5. The number of aromatic hydroxyl groups is 5. The zero-order valence-corrected chi connectivity index (χ0v) is 84.7. The number of phenolic OH excluding ortho intramolecular Hbond substituents is 5. The number of phenols is 5. The maximum absolute atomic E-state index is 11.5. The fraction of sp³-hybridized carbons (Fsp3) is 0.336. The molecular formula is C113H138N6O7S2Se. The number of benzene rings is 12. The van der Waals surface area contributed by atoms with Crippen LogP contribution in [0.4, 0.5) is 34.1 Å². The summed E-state index contributed by atoms with van der Waals surface area (Å²) in [5.41, 5.74) is 20.8. The Kier molecular flexibility index (Phi) is 35.2. The van der Waals surface area contributed by atoms with Gasteiger partial charge >= 0.3 is 158 Å². The fourth-order valence-electron chi connectivity index (χ4n) is 13.9. The van der Waals surface area contributed by atoms with Crippen molar-refractivity contribution in [1.82, 2.24) is 0 Å². The number of nitrogens with one attached hydrogen (secondary N) is 2. The van der Waals surface area contributed by atoms with Gasteiger partial charge < -0.3 is 31.1 Å². The minimum Gasteiger partial charge on any atom is -0.507 e. The Morgan fingerprint density at radius 3 is 1.27 bits per heavy atom. The van der Waals surface area contributed by atoms with Gasteiger partial charge in [-0.25, -0.2) is 4.99 Å². The van der Waals surface area contributed by atoms with Gasteiger partial charge in [-0.2, -0.15) is 0 Å². The number of hydrogen-bond donors (Lipinski definition) is 7. The first-order chi connectivity index (χ1) is 60.2. The summed E-state index contributed by atoms with van der Waals surface area (Å²) in [6, 6.07) is 81.9. The molecule has 0 amide bonds. The van der Waals surface area contributed by atoms with Crippen molar-refractivity contribution in [1.29, 1.82) is 0 Å². The topological polar surface area (TPSA) is 205 Å². The van der Waals surface area contributed by atoms with E-state index in [0.717, 1.165) is 94.7 Å². The molecule has 0 aliphatic rings. The second-order valence-corrected chi connectivity index (χ2v) is 44.6. The normalized spacial score (nSPS) is 12.2. The largest absolute Gasteiger partial charge is 0.507 e. The van der Waals surface area contributed by atoms with Gasteiger partial charge in [-0.15, -0.1) is 11.8 Å². The third-order valence-corrected chi connectivity index (χ3v) is 25.5. The maximum atomic E-state index is 11.5. The molecule has 0 unspecified atom stereocenters. The quantitative estimate of drug-likeness (QED) is 0.0141. The summed E-state index contributed by atoms with van der Waals surface area (Å²) in [6.07, 6.45) is 5.29. The van der Waals surface area contributed by atoms with Gasteiger partial charge in [-0.1, -0.05) is 264 Å². The number of anilines is 2. The average molecular weight is 1840 g/mol. The van der Waals surface area contributed by atoms with Crippen LogP contribution in [0.3, 0.4) is 0 Å². The number of aryl methyl sites for hydroxylation is 2. The number of non-ortho nitro benzene ring substituents is 1. The van der Waals surface area contributed by atoms with E-state index in [-0.39, 0.29) is 54.8 Å². The molecule has 12 rings (SSSR count). The van der Waals surface area contributed by atoms with E-state index in [9.17, 15) is 35.6 Å². The molecule has 0 aliphatic carbocycles. The van der Waals surface area contributed by atoms with Crippen molar-refractivity contribution in [2.75, 3.05) is 16.9 Å². The first-order valence-corrected chi connectivity index (χ1v) is 48.7. The standard InChI is InChI=1S/C28H33NOS.C27H33NOS.C22H29NOSe.C22H31NO.C14H12N2O3/c1-27(2,3)20-17-21(26(30)22(18-20)28(4,5)6)25(19-13-9-8-10-14-19)29-23-15-11-12-16-24(23)31-7;1-26(2,3)20-16-19(25(29)22(17-20)27(4,5)6)18-28-23-14-10-11-15-24(23)30-21-12-8-7-9-13-21;1-21(2,3)16-12-15(20(24)17(13-16)22(4,5)6)14-23-18-10-8-9-11-19(18)25-7;1-15-10-8-9-11-19(15)23-14-16-12-17(21(2,3)4)13-18(20(16)24)22(5,6)7;1-10-4-2-3-5-13(10)15-9-11-8-12(16(18)19)6-7-14(11)17/h8-18,30H,1-7H3;7-17,28-29H,18H2,1-6H3;8-14,24H,1-7H3;8-13,23-24H,14H2,1-7H3;2-9,17H,1H3. The van der Waals surface area contributed by atoms with Gasteiger partial charge in [0.2, 0.25) is 0 Å². The molecule has 0 saturated heterocycles. The molecule has 13 nitrogen and oxygen atoms in total. The summed E-state index contributed by atoms with van der Waals surface area (Å²) in [6.45, 7) is 57.4. The van der Waals surface area contributed by atoms with Crippen LogP contribution in [0.1, 0.15) is 255 Å². The summed E-state index contributed by atoms with van der Waals surface area (Å²) in [5, 5.41) is 71.5. The van der Waals surface area contributed by atoms with E-state index in [1.54, 1.807) is 23.5 Å². The Morgan fingerprint density at radius 1 is 0.395 bits per heavy atom. The number of rotatable bonds is 18. The summed E-state index contributed by atoms with van der Waals surface area (Å²) < 4.78 is 1.27. The van der Waals surface area contributed by atoms with Crippen LogP contribution >= 0.6 is 23.5 Å². The van der Waals surface area contributed by atoms with Crippen LogP contribution in [0.15, 0.2) is 278 Å². The fourth-order valence-corrected chi connectivity index (χ4v) is 16.5. The molecule has 12 aromatic rings. The van der Waals surface area contributed by atoms with Crippen LogP contribution in [0, 0.1) is 24.0 Å². The minimum absolute atomic E-state index is 0.0146. The van der Waals surface area contributed by atoms with E-state index in [0.29, 0.717) is 56.6 Å². The van der Waals surface area contributed by atoms with Crippen LogP contribution in [-0.4, -0.2) is 69.8 Å². The van der Waals surface area contributed by atoms with Gasteiger partial charge in [0.1, 0.15) is 23.0 Å². The van der Waals surface area contributed by atoms with Crippen molar-refractivity contribution in [3.8, 4) is 28.7 Å². The van der Waals surface area contributed by atoms with Crippen LogP contribution in [0.5, 0.6) is 28.7 Å². The molecule has 12 aromatic carbocycles. The second-order valence-electron chi connectivity index (χ2n) is 40.9. The molecule has 680 valence electrons. The van der Waals surface area contributed by atoms with Crippen molar-refractivity contribution in [2.24, 2.45) is 15.0 Å². The predicted octanol–water partition coefficient (Wildman–Crippen LogP) is 30.0. The Labute approximate surface area is 785 Å². The number of nitro benzene ring substituents is 1. The molecule has 0 radical (unpaired) electrons. The van der Waals surface area contributed by atoms with E-state index in [4.69, 9.17) is 4.99 Å². The van der Waals surface area contributed by atoms with Crippen LogP contribution in [0.25, 0.3) is 0 Å². The van der Waals surface area contributed by atoms with E-state index in [1.807, 2.05) is 110 Å². The first-order valence-electron chi connectivity index (χ1n) is 44.1. The molecule has 0 aromatic heterocycles. The van der Waals surface area contributed by atoms with Gasteiger partial charge in [0.05, 0.1) is 22.0 Å². The van der Waals surface area contributed by atoms with Gasteiger partial charge in [0, 0.05) is 90.9 Å². The number of thioether (sulfide) groups is 1. The third kappa shape index (κ3) is 29.4. The Bertz CT molecular complexity index is 5900. The SMILES string of the molecule is CC(C)(C)c1cc(CNc2ccccc2Sc2ccccc2)c(O)c(C(C)(C)C)c1.CSc1ccccc1N=C(c1ccccc1)c1cc(C(C)(C)C)cc(C(C)(C)C)c1O.C[Se]c1ccccc1N=Cc1cc(C(C)(C)C)cc(C(C)(C)C)c1O.Cc1ccccc1N=Cc1cc([N+](=O)[O-])ccc1O.Cc1ccccc1NCc1cc(C(C)(C)C)cc(C(C)(C)C)c1O. The van der Waals surface area contributed by atoms with Gasteiger partial charge in [0.15, 0.2) is 0 Å². The molecule has 7 N–H and O–H groups in total. The van der Waals surface area contributed by atoms with E-state index in [2.05, 4.69) is 339 Å². The predicted molar refractivity (Wildman–Crippen MR) is 553 cm³/mol. The Balaban J connectivity index is 0.000000201. The monoisotopic (exact) mass is 1830 g/mol. The van der Waals surface area contributed by atoms with Crippen molar-refractivity contribution in [3.05, 3.63) is 348 Å². The zero-order chi connectivity index (χ0) is 95.5. The number of nitro groups is 1. The molecule has 0 atom stereocenters. The number of nitrogens with zero attached hydrogens (tertiary/aromatic N) is 4.